The topological polar surface area (TPSA) is 43.3 Å². The zero-order valence-electron chi connectivity index (χ0n) is 11.6. The van der Waals surface area contributed by atoms with E-state index in [9.17, 15) is 0 Å². The van der Waals surface area contributed by atoms with Gasteiger partial charge in [0.05, 0.1) is 11.0 Å². The summed E-state index contributed by atoms with van der Waals surface area (Å²) in [5.41, 5.74) is 8.11. The highest BCUT2D eigenvalue weighted by atomic mass is 35.5. The molecule has 5 heteroatoms. The molecule has 0 saturated carbocycles. The standard InChI is InChI=1S/C17H13Cl2N3/c1-11(18)10-16(19)21-17(20)22-14-8-4-2-6-12(14)13-7-3-5-9-15(13)22/h2-10H,1H2,(H2,20,21)/b16-10-. The third-order valence-electron chi connectivity index (χ3n) is 3.31. The minimum atomic E-state index is 0.180. The molecule has 0 saturated heterocycles. The normalized spacial score (nSPS) is 13.0. The number of nitrogens with zero attached hydrogens (tertiary/aromatic N) is 2. The summed E-state index contributed by atoms with van der Waals surface area (Å²) < 4.78 is 1.87. The maximum absolute atomic E-state index is 6.16. The number of aromatic nitrogens is 1. The Morgan fingerprint density at radius 1 is 1.00 bits per heavy atom. The molecule has 0 bridgehead atoms. The van der Waals surface area contributed by atoms with Crippen LogP contribution in [-0.4, -0.2) is 10.5 Å². The quantitative estimate of drug-likeness (QED) is 0.312. The van der Waals surface area contributed by atoms with Crippen molar-refractivity contribution < 1.29 is 0 Å². The van der Waals surface area contributed by atoms with Crippen molar-refractivity contribution in [2.75, 3.05) is 0 Å². The summed E-state index contributed by atoms with van der Waals surface area (Å²) in [7, 11) is 0. The zero-order chi connectivity index (χ0) is 15.7. The second-order valence-corrected chi connectivity index (χ2v) is 5.63. The number of hydrogen-bond donors (Lipinski definition) is 1. The lowest BCUT2D eigenvalue weighted by Gasteiger charge is -2.06. The van der Waals surface area contributed by atoms with Gasteiger partial charge in [-0.05, 0) is 18.2 Å². The van der Waals surface area contributed by atoms with Gasteiger partial charge in [0, 0.05) is 15.8 Å². The number of aliphatic imine (C=N–C) groups is 1. The minimum Gasteiger partial charge on any atom is -0.369 e. The summed E-state index contributed by atoms with van der Waals surface area (Å²) in [5, 5.41) is 2.69. The van der Waals surface area contributed by atoms with Crippen molar-refractivity contribution in [1.29, 1.82) is 0 Å². The maximum Gasteiger partial charge on any atom is 0.206 e. The lowest BCUT2D eigenvalue weighted by Crippen LogP contribution is -2.21. The number of rotatable bonds is 2. The van der Waals surface area contributed by atoms with Gasteiger partial charge in [0.15, 0.2) is 0 Å². The van der Waals surface area contributed by atoms with Gasteiger partial charge in [0.1, 0.15) is 5.16 Å². The number of para-hydroxylation sites is 2. The second-order valence-electron chi connectivity index (χ2n) is 4.75. The molecular weight excluding hydrogens is 317 g/mol. The van der Waals surface area contributed by atoms with Crippen LogP contribution in [0.15, 0.2) is 76.4 Å². The summed E-state index contributed by atoms with van der Waals surface area (Å²) in [6.45, 7) is 3.55. The van der Waals surface area contributed by atoms with Crippen molar-refractivity contribution in [3.05, 3.63) is 71.4 Å². The van der Waals surface area contributed by atoms with Gasteiger partial charge >= 0.3 is 0 Å². The Bertz CT molecular complexity index is 882. The van der Waals surface area contributed by atoms with E-state index >= 15 is 0 Å². The van der Waals surface area contributed by atoms with Crippen LogP contribution in [-0.2, 0) is 0 Å². The zero-order valence-corrected chi connectivity index (χ0v) is 13.1. The second kappa shape index (κ2) is 5.87. The van der Waals surface area contributed by atoms with Gasteiger partial charge < -0.3 is 5.73 Å². The molecule has 3 aromatic rings. The van der Waals surface area contributed by atoms with Gasteiger partial charge in [-0.1, -0.05) is 66.2 Å². The molecule has 3 rings (SSSR count). The van der Waals surface area contributed by atoms with E-state index < -0.39 is 0 Å². The van der Waals surface area contributed by atoms with E-state index in [-0.39, 0.29) is 11.1 Å². The summed E-state index contributed by atoms with van der Waals surface area (Å²) in [6, 6.07) is 16.0. The molecule has 0 amide bonds. The SMILES string of the molecule is C=C(Cl)/C=C(Cl)\N=C(/N)n1c2ccccc2c2ccccc21. The van der Waals surface area contributed by atoms with Gasteiger partial charge in [-0.25, -0.2) is 4.99 Å². The van der Waals surface area contributed by atoms with Crippen molar-refractivity contribution >= 4 is 51.0 Å². The molecule has 1 heterocycles. The molecule has 0 atom stereocenters. The van der Waals surface area contributed by atoms with Crippen LogP contribution in [0.4, 0.5) is 0 Å². The van der Waals surface area contributed by atoms with E-state index in [1.165, 1.54) is 6.08 Å². The van der Waals surface area contributed by atoms with Crippen molar-refractivity contribution in [2.24, 2.45) is 10.7 Å². The number of benzene rings is 2. The van der Waals surface area contributed by atoms with Crippen LogP contribution in [0, 0.1) is 0 Å². The summed E-state index contributed by atoms with van der Waals surface area (Å²) in [5.74, 6) is 0.275. The van der Waals surface area contributed by atoms with E-state index in [1.807, 2.05) is 41.0 Å². The van der Waals surface area contributed by atoms with Crippen LogP contribution < -0.4 is 5.73 Å². The Kier molecular flexibility index (Phi) is 3.92. The van der Waals surface area contributed by atoms with Crippen LogP contribution in [0.3, 0.4) is 0 Å². The van der Waals surface area contributed by atoms with Crippen LogP contribution in [0.2, 0.25) is 0 Å². The highest BCUT2D eigenvalue weighted by Crippen LogP contribution is 2.28. The fraction of sp³-hybridized carbons (Fsp3) is 0. The van der Waals surface area contributed by atoms with Crippen LogP contribution in [0.1, 0.15) is 0 Å². The Labute approximate surface area is 138 Å². The molecule has 2 aromatic carbocycles. The first-order chi connectivity index (χ1) is 10.6. The van der Waals surface area contributed by atoms with Gasteiger partial charge in [0.25, 0.3) is 0 Å². The van der Waals surface area contributed by atoms with Crippen molar-refractivity contribution in [1.82, 2.24) is 4.57 Å². The molecule has 110 valence electrons. The van der Waals surface area contributed by atoms with Gasteiger partial charge in [-0.15, -0.1) is 0 Å². The van der Waals surface area contributed by atoms with Crippen molar-refractivity contribution in [3.8, 4) is 0 Å². The molecule has 2 N–H and O–H groups in total. The Hall–Kier alpha value is -2.23. The average molecular weight is 330 g/mol. The first-order valence-corrected chi connectivity index (χ1v) is 7.38. The Morgan fingerprint density at radius 3 is 2.00 bits per heavy atom. The fourth-order valence-electron chi connectivity index (χ4n) is 2.49. The van der Waals surface area contributed by atoms with E-state index in [2.05, 4.69) is 23.7 Å². The van der Waals surface area contributed by atoms with Gasteiger partial charge in [0.2, 0.25) is 5.96 Å². The molecular formula is C17H13Cl2N3. The van der Waals surface area contributed by atoms with Gasteiger partial charge in [-0.3, -0.25) is 4.57 Å². The highest BCUT2D eigenvalue weighted by molar-refractivity contribution is 6.34. The van der Waals surface area contributed by atoms with E-state index in [0.717, 1.165) is 21.8 Å². The molecule has 22 heavy (non-hydrogen) atoms. The monoisotopic (exact) mass is 329 g/mol. The predicted octanol–water partition coefficient (Wildman–Crippen LogP) is 4.79. The third-order valence-corrected chi connectivity index (χ3v) is 3.61. The first kappa shape index (κ1) is 14.7. The van der Waals surface area contributed by atoms with Gasteiger partial charge in [-0.2, -0.15) is 0 Å². The molecule has 0 radical (unpaired) electrons. The molecule has 0 aliphatic rings. The summed E-state index contributed by atoms with van der Waals surface area (Å²) in [6.07, 6.45) is 1.45. The number of fused-ring (bicyclic) bond motifs is 3. The lowest BCUT2D eigenvalue weighted by atomic mass is 10.2. The molecule has 3 nitrogen and oxygen atoms in total. The maximum atomic E-state index is 6.16. The fourth-order valence-corrected chi connectivity index (χ4v) is 2.87. The summed E-state index contributed by atoms with van der Waals surface area (Å²) >= 11 is 11.7. The van der Waals surface area contributed by atoms with Crippen molar-refractivity contribution in [2.45, 2.75) is 0 Å². The molecule has 1 aromatic heterocycles. The Morgan fingerprint density at radius 2 is 1.50 bits per heavy atom. The predicted molar refractivity (Wildman–Crippen MR) is 95.4 cm³/mol. The molecule has 0 unspecified atom stereocenters. The molecule has 0 spiro atoms. The average Bonchev–Trinajstić information content (AvgIpc) is 2.80. The van der Waals surface area contributed by atoms with Crippen molar-refractivity contribution in [3.63, 3.8) is 0 Å². The number of nitrogens with two attached hydrogens (primary N) is 1. The minimum absolute atomic E-state index is 0.180. The van der Waals surface area contributed by atoms with E-state index in [4.69, 9.17) is 28.9 Å². The smallest absolute Gasteiger partial charge is 0.206 e. The first-order valence-electron chi connectivity index (χ1n) is 6.62. The largest absolute Gasteiger partial charge is 0.369 e. The molecule has 0 aliphatic carbocycles. The van der Waals surface area contributed by atoms with Crippen LogP contribution in [0.25, 0.3) is 21.8 Å². The summed E-state index contributed by atoms with van der Waals surface area (Å²) in [4.78, 5) is 4.20. The molecule has 0 aliphatic heterocycles. The number of allylic oxidation sites excluding steroid dienone is 2. The number of halogens is 2. The van der Waals surface area contributed by atoms with E-state index in [1.54, 1.807) is 0 Å². The third kappa shape index (κ3) is 2.61. The number of hydrogen-bond acceptors (Lipinski definition) is 1. The molecule has 0 fully saturated rings. The van der Waals surface area contributed by atoms with E-state index in [0.29, 0.717) is 5.03 Å². The van der Waals surface area contributed by atoms with Crippen LogP contribution in [0.5, 0.6) is 0 Å². The lowest BCUT2D eigenvalue weighted by molar-refractivity contribution is 1.21. The highest BCUT2D eigenvalue weighted by Gasteiger charge is 2.12. The Balaban J connectivity index is 2.29. The van der Waals surface area contributed by atoms with Crippen LogP contribution >= 0.6 is 23.2 Å².